The minimum absolute atomic E-state index is 0.0498. The van der Waals surface area contributed by atoms with Gasteiger partial charge >= 0.3 is 0 Å². The van der Waals surface area contributed by atoms with E-state index < -0.39 is 0 Å². The molecule has 18 heavy (non-hydrogen) atoms. The third-order valence-corrected chi connectivity index (χ3v) is 2.94. The van der Waals surface area contributed by atoms with Crippen molar-refractivity contribution in [2.45, 2.75) is 13.5 Å². The molecule has 0 aliphatic rings. The van der Waals surface area contributed by atoms with Gasteiger partial charge in [0.05, 0.1) is 23.8 Å². The van der Waals surface area contributed by atoms with E-state index in [1.165, 1.54) is 6.26 Å². The Morgan fingerprint density at radius 2 is 2.11 bits per heavy atom. The Kier molecular flexibility index (Phi) is 2.48. The number of furan rings is 1. The summed E-state index contributed by atoms with van der Waals surface area (Å²) >= 11 is 0. The summed E-state index contributed by atoms with van der Waals surface area (Å²) in [4.78, 5) is 16.5. The van der Waals surface area contributed by atoms with Crippen molar-refractivity contribution in [1.29, 1.82) is 0 Å². The van der Waals surface area contributed by atoms with Crippen LogP contribution < -0.4 is 0 Å². The molecule has 0 N–H and O–H groups in total. The van der Waals surface area contributed by atoms with Gasteiger partial charge in [-0.15, -0.1) is 0 Å². The van der Waals surface area contributed by atoms with Crippen LogP contribution in [0.3, 0.4) is 0 Å². The number of fused-ring (bicyclic) bond motifs is 1. The molecule has 4 heteroatoms. The molecule has 0 bridgehead atoms. The molecule has 0 aliphatic carbocycles. The zero-order chi connectivity index (χ0) is 12.5. The third-order valence-electron chi connectivity index (χ3n) is 2.94. The minimum atomic E-state index is -0.0498. The highest BCUT2D eigenvalue weighted by molar-refractivity contribution is 5.94. The first-order valence-electron chi connectivity index (χ1n) is 5.74. The number of carbonyl (C=O) groups is 1. The molecule has 3 rings (SSSR count). The highest BCUT2D eigenvalue weighted by atomic mass is 16.3. The lowest BCUT2D eigenvalue weighted by Crippen LogP contribution is -2.10. The summed E-state index contributed by atoms with van der Waals surface area (Å²) in [7, 11) is 0. The second-order valence-corrected chi connectivity index (χ2v) is 4.13. The van der Waals surface area contributed by atoms with Crippen molar-refractivity contribution in [2.75, 3.05) is 0 Å². The number of imidazole rings is 1. The predicted molar refractivity (Wildman–Crippen MR) is 67.5 cm³/mol. The van der Waals surface area contributed by atoms with Gasteiger partial charge in [-0.2, -0.15) is 0 Å². The van der Waals surface area contributed by atoms with E-state index >= 15 is 0 Å². The quantitative estimate of drug-likeness (QED) is 0.661. The van der Waals surface area contributed by atoms with Gasteiger partial charge in [0.25, 0.3) is 0 Å². The number of rotatable bonds is 3. The van der Waals surface area contributed by atoms with Crippen LogP contribution in [0.1, 0.15) is 16.4 Å². The summed E-state index contributed by atoms with van der Waals surface area (Å²) in [6, 6.07) is 11.2. The molecule has 0 spiro atoms. The number of ketones is 1. The van der Waals surface area contributed by atoms with Crippen LogP contribution in [0.15, 0.2) is 47.1 Å². The number of aryl methyl sites for hydroxylation is 1. The van der Waals surface area contributed by atoms with Crippen molar-refractivity contribution in [3.8, 4) is 0 Å². The number of para-hydroxylation sites is 2. The van der Waals surface area contributed by atoms with E-state index in [1.807, 2.05) is 35.8 Å². The van der Waals surface area contributed by atoms with E-state index in [9.17, 15) is 4.79 Å². The van der Waals surface area contributed by atoms with Crippen molar-refractivity contribution in [3.63, 3.8) is 0 Å². The van der Waals surface area contributed by atoms with Gasteiger partial charge in [0.1, 0.15) is 5.82 Å². The van der Waals surface area contributed by atoms with Crippen LogP contribution in [0.2, 0.25) is 0 Å². The van der Waals surface area contributed by atoms with Crippen molar-refractivity contribution >= 4 is 16.8 Å². The maximum Gasteiger partial charge on any atom is 0.217 e. The summed E-state index contributed by atoms with van der Waals surface area (Å²) in [5.74, 6) is 1.16. The molecule has 3 aromatic rings. The van der Waals surface area contributed by atoms with E-state index in [0.29, 0.717) is 5.76 Å². The lowest BCUT2D eigenvalue weighted by Gasteiger charge is -2.04. The highest BCUT2D eigenvalue weighted by Crippen LogP contribution is 2.16. The Balaban J connectivity index is 2.00. The molecule has 1 aromatic carbocycles. The summed E-state index contributed by atoms with van der Waals surface area (Å²) in [5, 5.41) is 0. The standard InChI is InChI=1S/C14H12N2O2/c1-10-15-11-5-2-3-6-12(11)16(10)9-13(17)14-7-4-8-18-14/h2-8H,9H2,1H3. The highest BCUT2D eigenvalue weighted by Gasteiger charge is 2.13. The summed E-state index contributed by atoms with van der Waals surface area (Å²) in [6.45, 7) is 2.15. The number of nitrogens with zero attached hydrogens (tertiary/aromatic N) is 2. The van der Waals surface area contributed by atoms with Gasteiger partial charge in [-0.1, -0.05) is 12.1 Å². The maximum atomic E-state index is 12.0. The van der Waals surface area contributed by atoms with Crippen LogP contribution in [0.4, 0.5) is 0 Å². The van der Waals surface area contributed by atoms with Crippen LogP contribution >= 0.6 is 0 Å². The number of aromatic nitrogens is 2. The van der Waals surface area contributed by atoms with Crippen molar-refractivity contribution in [2.24, 2.45) is 0 Å². The third kappa shape index (κ3) is 1.72. The van der Waals surface area contributed by atoms with Crippen molar-refractivity contribution in [1.82, 2.24) is 9.55 Å². The van der Waals surface area contributed by atoms with Crippen LogP contribution in [-0.4, -0.2) is 15.3 Å². The molecule has 90 valence electrons. The monoisotopic (exact) mass is 240 g/mol. The fourth-order valence-electron chi connectivity index (χ4n) is 2.05. The van der Waals surface area contributed by atoms with Crippen LogP contribution in [0.5, 0.6) is 0 Å². The smallest absolute Gasteiger partial charge is 0.217 e. The Morgan fingerprint density at radius 3 is 2.89 bits per heavy atom. The largest absolute Gasteiger partial charge is 0.461 e. The fourth-order valence-corrected chi connectivity index (χ4v) is 2.05. The molecule has 0 aliphatic heterocycles. The van der Waals surface area contributed by atoms with Gasteiger partial charge in [-0.05, 0) is 31.2 Å². The van der Waals surface area contributed by atoms with Gasteiger partial charge in [0, 0.05) is 0 Å². The van der Waals surface area contributed by atoms with Crippen LogP contribution in [-0.2, 0) is 6.54 Å². The second-order valence-electron chi connectivity index (χ2n) is 4.13. The zero-order valence-electron chi connectivity index (χ0n) is 9.96. The molecule has 0 unspecified atom stereocenters. The number of carbonyl (C=O) groups excluding carboxylic acids is 1. The first-order chi connectivity index (χ1) is 8.75. The van der Waals surface area contributed by atoms with E-state index in [-0.39, 0.29) is 12.3 Å². The number of hydrogen-bond donors (Lipinski definition) is 0. The zero-order valence-corrected chi connectivity index (χ0v) is 9.96. The summed E-state index contributed by atoms with van der Waals surface area (Å²) in [5.41, 5.74) is 1.87. The molecule has 0 fully saturated rings. The average Bonchev–Trinajstić information content (AvgIpc) is 2.98. The topological polar surface area (TPSA) is 48.0 Å². The molecular weight excluding hydrogens is 228 g/mol. The van der Waals surface area contributed by atoms with Crippen molar-refractivity contribution in [3.05, 3.63) is 54.2 Å². The Bertz CT molecular complexity index is 696. The lowest BCUT2D eigenvalue weighted by molar-refractivity contribution is 0.0945. The Morgan fingerprint density at radius 1 is 1.28 bits per heavy atom. The molecule has 0 saturated carbocycles. The Hall–Kier alpha value is -2.36. The first kappa shape index (κ1) is 10.8. The van der Waals surface area contributed by atoms with E-state index in [2.05, 4.69) is 4.98 Å². The van der Waals surface area contributed by atoms with Gasteiger partial charge in [0.15, 0.2) is 5.76 Å². The molecule has 0 amide bonds. The van der Waals surface area contributed by atoms with E-state index in [1.54, 1.807) is 12.1 Å². The fraction of sp³-hybridized carbons (Fsp3) is 0.143. The average molecular weight is 240 g/mol. The van der Waals surface area contributed by atoms with Gasteiger partial charge in [-0.25, -0.2) is 4.98 Å². The normalized spacial score (nSPS) is 10.9. The first-order valence-corrected chi connectivity index (χ1v) is 5.74. The number of hydrogen-bond acceptors (Lipinski definition) is 3. The number of Topliss-reactive ketones (excluding diaryl/α,β-unsaturated/α-hetero) is 1. The molecular formula is C14H12N2O2. The van der Waals surface area contributed by atoms with Crippen molar-refractivity contribution < 1.29 is 9.21 Å². The SMILES string of the molecule is Cc1nc2ccccc2n1CC(=O)c1ccco1. The van der Waals surface area contributed by atoms with E-state index in [0.717, 1.165) is 16.9 Å². The molecule has 0 saturated heterocycles. The molecule has 0 radical (unpaired) electrons. The second kappa shape index (κ2) is 4.14. The molecule has 0 atom stereocenters. The van der Waals surface area contributed by atoms with Gasteiger partial charge < -0.3 is 8.98 Å². The van der Waals surface area contributed by atoms with Gasteiger partial charge in [0.2, 0.25) is 5.78 Å². The molecule has 2 aromatic heterocycles. The van der Waals surface area contributed by atoms with Crippen LogP contribution in [0.25, 0.3) is 11.0 Å². The number of benzene rings is 1. The van der Waals surface area contributed by atoms with Gasteiger partial charge in [-0.3, -0.25) is 4.79 Å². The predicted octanol–water partition coefficient (Wildman–Crippen LogP) is 2.82. The Labute approximate surface area is 104 Å². The summed E-state index contributed by atoms with van der Waals surface area (Å²) < 4.78 is 7.02. The lowest BCUT2D eigenvalue weighted by atomic mass is 10.3. The molecule has 4 nitrogen and oxygen atoms in total. The minimum Gasteiger partial charge on any atom is -0.461 e. The molecule has 2 heterocycles. The summed E-state index contributed by atoms with van der Waals surface area (Å²) in [6.07, 6.45) is 1.51. The van der Waals surface area contributed by atoms with Crippen LogP contribution in [0, 0.1) is 6.92 Å². The van der Waals surface area contributed by atoms with E-state index in [4.69, 9.17) is 4.42 Å². The maximum absolute atomic E-state index is 12.0.